The smallest absolute Gasteiger partial charge is 0.242 e. The molecule has 5 heteroatoms. The third-order valence-corrected chi connectivity index (χ3v) is 4.56. The molecule has 5 nitrogen and oxygen atoms in total. The van der Waals surface area contributed by atoms with Crippen LogP contribution < -0.4 is 5.32 Å². The lowest BCUT2D eigenvalue weighted by Crippen LogP contribution is -2.53. The number of nitrogens with one attached hydrogen (secondary N) is 1. The number of nitrogens with zero attached hydrogens (tertiary/aromatic N) is 1. The fourth-order valence-electron chi connectivity index (χ4n) is 3.36. The van der Waals surface area contributed by atoms with Gasteiger partial charge in [-0.15, -0.1) is 0 Å². The van der Waals surface area contributed by atoms with Gasteiger partial charge < -0.3 is 20.1 Å². The monoisotopic (exact) mass is 304 g/mol. The van der Waals surface area contributed by atoms with E-state index in [0.29, 0.717) is 19.6 Å². The molecule has 0 spiro atoms. The summed E-state index contributed by atoms with van der Waals surface area (Å²) < 4.78 is 5.39. The lowest BCUT2D eigenvalue weighted by atomic mass is 10.00. The number of hydrogen-bond acceptors (Lipinski definition) is 4. The standard InChI is InChI=1S/C17H24N2O3/c20-16(13-5-2-1-3-6-13)11-14-7-4-9-19(14)17(21)15-12-22-10-8-18-15/h1-3,5-6,14-16,18,20H,4,7-12H2. The molecule has 2 fully saturated rings. The first-order chi connectivity index (χ1) is 10.8. The number of likely N-dealkylation sites (tertiary alicyclic amines) is 1. The van der Waals surface area contributed by atoms with Gasteiger partial charge in [-0.25, -0.2) is 0 Å². The van der Waals surface area contributed by atoms with Gasteiger partial charge in [0.25, 0.3) is 0 Å². The van der Waals surface area contributed by atoms with Gasteiger partial charge >= 0.3 is 0 Å². The number of benzene rings is 1. The van der Waals surface area contributed by atoms with E-state index in [4.69, 9.17) is 4.74 Å². The van der Waals surface area contributed by atoms with Crippen molar-refractivity contribution in [3.8, 4) is 0 Å². The number of hydrogen-bond donors (Lipinski definition) is 2. The highest BCUT2D eigenvalue weighted by molar-refractivity contribution is 5.82. The average Bonchev–Trinajstić information content (AvgIpc) is 3.04. The summed E-state index contributed by atoms with van der Waals surface area (Å²) in [6, 6.07) is 9.55. The Balaban J connectivity index is 1.61. The van der Waals surface area contributed by atoms with E-state index in [1.54, 1.807) is 0 Å². The average molecular weight is 304 g/mol. The second kappa shape index (κ2) is 7.22. The highest BCUT2D eigenvalue weighted by atomic mass is 16.5. The first-order valence-electron chi connectivity index (χ1n) is 8.10. The van der Waals surface area contributed by atoms with Crippen LogP contribution in [-0.2, 0) is 9.53 Å². The fraction of sp³-hybridized carbons (Fsp3) is 0.588. The van der Waals surface area contributed by atoms with Gasteiger partial charge in [0.2, 0.25) is 5.91 Å². The zero-order valence-electron chi connectivity index (χ0n) is 12.8. The summed E-state index contributed by atoms with van der Waals surface area (Å²) in [5.74, 6) is 0.113. The van der Waals surface area contributed by atoms with Crippen LogP contribution in [0.25, 0.3) is 0 Å². The van der Waals surface area contributed by atoms with E-state index in [9.17, 15) is 9.90 Å². The lowest BCUT2D eigenvalue weighted by molar-refractivity contribution is -0.137. The maximum absolute atomic E-state index is 12.6. The molecule has 2 N–H and O–H groups in total. The maximum atomic E-state index is 12.6. The number of carbonyl (C=O) groups excluding carboxylic acids is 1. The first kappa shape index (κ1) is 15.5. The summed E-state index contributed by atoms with van der Waals surface area (Å²) in [6.45, 7) is 2.62. The number of ether oxygens (including phenoxy) is 1. The molecule has 0 radical (unpaired) electrons. The van der Waals surface area contributed by atoms with Crippen molar-refractivity contribution in [1.29, 1.82) is 0 Å². The minimum absolute atomic E-state index is 0.113. The largest absolute Gasteiger partial charge is 0.388 e. The third kappa shape index (κ3) is 3.48. The van der Waals surface area contributed by atoms with Gasteiger partial charge in [-0.2, -0.15) is 0 Å². The van der Waals surface area contributed by atoms with Crippen molar-refractivity contribution in [3.05, 3.63) is 35.9 Å². The second-order valence-electron chi connectivity index (χ2n) is 6.07. The van der Waals surface area contributed by atoms with E-state index < -0.39 is 6.10 Å². The van der Waals surface area contributed by atoms with Crippen LogP contribution in [0.3, 0.4) is 0 Å². The van der Waals surface area contributed by atoms with E-state index in [-0.39, 0.29) is 18.0 Å². The number of amides is 1. The molecule has 1 amide bonds. The van der Waals surface area contributed by atoms with Crippen molar-refractivity contribution >= 4 is 5.91 Å². The predicted molar refractivity (Wildman–Crippen MR) is 83.4 cm³/mol. The molecule has 22 heavy (non-hydrogen) atoms. The van der Waals surface area contributed by atoms with Gasteiger partial charge in [0.05, 0.1) is 19.3 Å². The van der Waals surface area contributed by atoms with E-state index >= 15 is 0 Å². The molecular formula is C17H24N2O3. The third-order valence-electron chi connectivity index (χ3n) is 4.56. The van der Waals surface area contributed by atoms with E-state index in [1.165, 1.54) is 0 Å². The Morgan fingerprint density at radius 1 is 1.41 bits per heavy atom. The number of aliphatic hydroxyl groups is 1. The van der Waals surface area contributed by atoms with E-state index in [0.717, 1.165) is 31.5 Å². The summed E-state index contributed by atoms with van der Waals surface area (Å²) in [4.78, 5) is 14.6. The first-order valence-corrected chi connectivity index (χ1v) is 8.10. The van der Waals surface area contributed by atoms with Crippen molar-refractivity contribution < 1.29 is 14.6 Å². The molecule has 120 valence electrons. The molecule has 0 aromatic heterocycles. The Kier molecular flexibility index (Phi) is 5.08. The second-order valence-corrected chi connectivity index (χ2v) is 6.07. The minimum atomic E-state index is -0.518. The van der Waals surface area contributed by atoms with Crippen LogP contribution >= 0.6 is 0 Å². The highest BCUT2D eigenvalue weighted by Gasteiger charge is 2.34. The van der Waals surface area contributed by atoms with Crippen LogP contribution in [0.4, 0.5) is 0 Å². The van der Waals surface area contributed by atoms with Crippen LogP contribution in [0.15, 0.2) is 30.3 Å². The van der Waals surface area contributed by atoms with Crippen LogP contribution in [0, 0.1) is 0 Å². The maximum Gasteiger partial charge on any atom is 0.242 e. The van der Waals surface area contributed by atoms with Crippen LogP contribution in [-0.4, -0.2) is 54.3 Å². The Bertz CT molecular complexity index is 488. The number of rotatable bonds is 4. The molecule has 3 rings (SSSR count). The minimum Gasteiger partial charge on any atom is -0.388 e. The molecule has 0 aliphatic carbocycles. The van der Waals surface area contributed by atoms with Gasteiger partial charge in [-0.1, -0.05) is 30.3 Å². The topological polar surface area (TPSA) is 61.8 Å². The van der Waals surface area contributed by atoms with E-state index in [2.05, 4.69) is 5.32 Å². The Morgan fingerprint density at radius 3 is 2.95 bits per heavy atom. The zero-order chi connectivity index (χ0) is 15.4. The SMILES string of the molecule is O=C(C1COCCN1)N1CCCC1CC(O)c1ccccc1. The fourth-order valence-corrected chi connectivity index (χ4v) is 3.36. The van der Waals surface area contributed by atoms with Crippen molar-refractivity contribution in [2.24, 2.45) is 0 Å². The van der Waals surface area contributed by atoms with Crippen LogP contribution in [0.2, 0.25) is 0 Å². The lowest BCUT2D eigenvalue weighted by Gasteiger charge is -2.32. The Hall–Kier alpha value is -1.43. The van der Waals surface area contributed by atoms with Crippen LogP contribution in [0.1, 0.15) is 30.9 Å². The molecule has 0 bridgehead atoms. The Labute approximate surface area is 131 Å². The summed E-state index contributed by atoms with van der Waals surface area (Å²) >= 11 is 0. The summed E-state index contributed by atoms with van der Waals surface area (Å²) in [5, 5.41) is 13.6. The van der Waals surface area contributed by atoms with Gasteiger partial charge in [0, 0.05) is 19.1 Å². The molecule has 0 saturated carbocycles. The van der Waals surface area contributed by atoms with Crippen molar-refractivity contribution in [1.82, 2.24) is 10.2 Å². The zero-order valence-corrected chi connectivity index (χ0v) is 12.8. The van der Waals surface area contributed by atoms with Gasteiger partial charge in [-0.3, -0.25) is 4.79 Å². The number of carbonyl (C=O) groups is 1. The summed E-state index contributed by atoms with van der Waals surface area (Å²) in [7, 11) is 0. The molecule has 2 heterocycles. The van der Waals surface area contributed by atoms with Crippen molar-refractivity contribution in [3.63, 3.8) is 0 Å². The number of morpholine rings is 1. The normalized spacial score (nSPS) is 26.9. The number of aliphatic hydroxyl groups excluding tert-OH is 1. The van der Waals surface area contributed by atoms with E-state index in [1.807, 2.05) is 35.2 Å². The molecule has 2 aliphatic rings. The highest BCUT2D eigenvalue weighted by Crippen LogP contribution is 2.28. The van der Waals surface area contributed by atoms with Crippen molar-refractivity contribution in [2.75, 3.05) is 26.3 Å². The van der Waals surface area contributed by atoms with Gasteiger partial charge in [0.15, 0.2) is 0 Å². The Morgan fingerprint density at radius 2 is 2.23 bits per heavy atom. The molecule has 1 aromatic rings. The molecule has 1 aromatic carbocycles. The summed E-state index contributed by atoms with van der Waals surface area (Å²) in [5.41, 5.74) is 0.918. The molecule has 3 atom stereocenters. The quantitative estimate of drug-likeness (QED) is 0.874. The predicted octanol–water partition coefficient (Wildman–Crippen LogP) is 1.09. The molecule has 3 unspecified atom stereocenters. The summed E-state index contributed by atoms with van der Waals surface area (Å²) in [6.07, 6.45) is 2.05. The molecule has 2 saturated heterocycles. The molecular weight excluding hydrogens is 280 g/mol. The van der Waals surface area contributed by atoms with Gasteiger partial charge in [0.1, 0.15) is 6.04 Å². The molecule has 2 aliphatic heterocycles. The van der Waals surface area contributed by atoms with Crippen LogP contribution in [0.5, 0.6) is 0 Å². The van der Waals surface area contributed by atoms with Gasteiger partial charge in [-0.05, 0) is 24.8 Å². The van der Waals surface area contributed by atoms with Crippen molar-refractivity contribution in [2.45, 2.75) is 37.5 Å².